The second-order valence-corrected chi connectivity index (χ2v) is 14.3. The van der Waals surface area contributed by atoms with Gasteiger partial charge in [0.25, 0.3) is 0 Å². The highest BCUT2D eigenvalue weighted by atomic mass is 19.1. The van der Waals surface area contributed by atoms with Crippen molar-refractivity contribution < 1.29 is 23.4 Å². The van der Waals surface area contributed by atoms with Crippen molar-refractivity contribution >= 4 is 34.1 Å². The molecule has 11 heteroatoms. The summed E-state index contributed by atoms with van der Waals surface area (Å²) in [4.78, 5) is 32.7. The number of terminal acetylenes is 1. The maximum absolute atomic E-state index is 15.0. The lowest BCUT2D eigenvalue weighted by molar-refractivity contribution is -0.126. The van der Waals surface area contributed by atoms with Crippen molar-refractivity contribution in [2.45, 2.75) is 63.3 Å². The number of hydrogen-bond acceptors (Lipinski definition) is 8. The van der Waals surface area contributed by atoms with E-state index in [0.717, 1.165) is 29.5 Å². The first-order chi connectivity index (χ1) is 25.1. The van der Waals surface area contributed by atoms with Crippen molar-refractivity contribution in [1.82, 2.24) is 24.8 Å². The molecule has 0 radical (unpaired) electrons. The quantitative estimate of drug-likeness (QED) is 0.151. The molecule has 2 aliphatic heterocycles. The molecular weight excluding hydrogens is 662 g/mol. The number of aromatic nitrogens is 3. The largest absolute Gasteiger partial charge is 0.508 e. The number of nitrogens with zero attached hydrogens (tertiary/aromatic N) is 6. The fourth-order valence-electron chi connectivity index (χ4n) is 8.04. The third kappa shape index (κ3) is 6.83. The van der Waals surface area contributed by atoms with E-state index in [9.17, 15) is 18.7 Å². The van der Waals surface area contributed by atoms with Gasteiger partial charge in [-0.3, -0.25) is 14.7 Å². The third-order valence-electron chi connectivity index (χ3n) is 10.6. The Balaban J connectivity index is 1.26. The van der Waals surface area contributed by atoms with Gasteiger partial charge in [-0.1, -0.05) is 24.6 Å². The number of allylic oxidation sites excluding steroid dienone is 1. The first-order valence-electron chi connectivity index (χ1n) is 17.7. The molecule has 4 heterocycles. The minimum atomic E-state index is -1.01. The van der Waals surface area contributed by atoms with Gasteiger partial charge in [-0.15, -0.1) is 6.42 Å². The highest BCUT2D eigenvalue weighted by Crippen LogP contribution is 2.41. The summed E-state index contributed by atoms with van der Waals surface area (Å²) in [6, 6.07) is 10.1. The van der Waals surface area contributed by atoms with Crippen molar-refractivity contribution in [3.63, 3.8) is 0 Å². The maximum Gasteiger partial charge on any atom is 0.318 e. The second-order valence-electron chi connectivity index (χ2n) is 14.3. The molecule has 7 rings (SSSR count). The van der Waals surface area contributed by atoms with Crippen LogP contribution in [0.1, 0.15) is 60.6 Å². The van der Waals surface area contributed by atoms with Crippen LogP contribution in [0.25, 0.3) is 22.4 Å². The SMILES string of the molecule is C#Cc1c(F)ccc2cc(O)cc(C3=Cc4nc(OC[C@]5(C)C[C@@H](F)CN5Cc5cccnc5)nc(N(C)C[C@@H]5CCCN5C(=O)C=C)c4CC3)c12. The number of benzene rings is 2. The summed E-state index contributed by atoms with van der Waals surface area (Å²) >= 11 is 0. The molecule has 52 heavy (non-hydrogen) atoms. The standard InChI is InChI=1S/C41H42F2N6O3/c1-5-32-35(43)14-12-28-17-31(50)19-34(38(28)32)27-11-13-33-36(18-27)45-40(46-39(33)47(4)24-30-10-8-16-49(30)37(51)6-2)52-25-41(3)20-29(42)23-48(41)22-26-9-7-15-44-21-26/h1,6-7,9,12,14-15,17-19,21,29-30,50H,2,8,10-11,13,16,20,22-25H2,3-4H3/t29-,30+,41+/m1/s1. The number of rotatable bonds is 10. The number of hydrogen-bond donors (Lipinski definition) is 1. The molecule has 1 N–H and O–H groups in total. The van der Waals surface area contributed by atoms with E-state index in [1.54, 1.807) is 30.6 Å². The van der Waals surface area contributed by atoms with Crippen LogP contribution in [0.5, 0.6) is 11.8 Å². The van der Waals surface area contributed by atoms with Crippen LogP contribution in [0.3, 0.4) is 0 Å². The number of likely N-dealkylation sites (N-methyl/N-ethyl adjacent to an activating group) is 1. The van der Waals surface area contributed by atoms with Crippen molar-refractivity contribution in [2.75, 3.05) is 38.2 Å². The molecule has 2 fully saturated rings. The highest BCUT2D eigenvalue weighted by molar-refractivity contribution is 6.02. The summed E-state index contributed by atoms with van der Waals surface area (Å²) in [7, 11) is 1.95. The lowest BCUT2D eigenvalue weighted by Crippen LogP contribution is -2.45. The van der Waals surface area contributed by atoms with E-state index in [1.165, 1.54) is 12.1 Å². The fraction of sp³-hybridized carbons (Fsp3) is 0.366. The molecule has 3 aliphatic rings. The van der Waals surface area contributed by atoms with Crippen LogP contribution < -0.4 is 9.64 Å². The van der Waals surface area contributed by atoms with Crippen LogP contribution in [0.15, 0.2) is 61.4 Å². The van der Waals surface area contributed by atoms with Crippen molar-refractivity contribution in [2.24, 2.45) is 0 Å². The number of fused-ring (bicyclic) bond motifs is 2. The van der Waals surface area contributed by atoms with E-state index in [4.69, 9.17) is 21.1 Å². The van der Waals surface area contributed by atoms with Crippen LogP contribution in [-0.4, -0.2) is 86.8 Å². The number of carbonyl (C=O) groups excluding carboxylic acids is 1. The molecule has 1 aliphatic carbocycles. The summed E-state index contributed by atoms with van der Waals surface area (Å²) in [6.45, 7) is 7.85. The molecule has 3 atom stereocenters. The zero-order valence-electron chi connectivity index (χ0n) is 29.5. The smallest absolute Gasteiger partial charge is 0.318 e. The van der Waals surface area contributed by atoms with Crippen LogP contribution in [0.2, 0.25) is 0 Å². The number of halogens is 2. The molecule has 0 saturated carbocycles. The average molecular weight is 705 g/mol. The van der Waals surface area contributed by atoms with Gasteiger partial charge in [-0.05, 0) is 91.1 Å². The molecule has 268 valence electrons. The minimum Gasteiger partial charge on any atom is -0.508 e. The van der Waals surface area contributed by atoms with Crippen molar-refractivity contribution in [3.8, 4) is 24.1 Å². The van der Waals surface area contributed by atoms with Crippen LogP contribution in [0.4, 0.5) is 14.6 Å². The number of amides is 1. The molecule has 4 aromatic rings. The lowest BCUT2D eigenvalue weighted by Gasteiger charge is -2.34. The van der Waals surface area contributed by atoms with Gasteiger partial charge in [-0.25, -0.2) is 8.78 Å². The van der Waals surface area contributed by atoms with Gasteiger partial charge in [0.05, 0.1) is 16.8 Å². The number of phenols is 1. The Kier molecular flexibility index (Phi) is 9.68. The molecule has 2 aromatic heterocycles. The Labute approximate surface area is 302 Å². The number of pyridine rings is 1. The van der Waals surface area contributed by atoms with Gasteiger partial charge in [0.2, 0.25) is 5.91 Å². The van der Waals surface area contributed by atoms with Crippen molar-refractivity contribution in [3.05, 3.63) is 95.2 Å². The number of ether oxygens (including phenoxy) is 1. The van der Waals surface area contributed by atoms with E-state index in [2.05, 4.69) is 22.4 Å². The molecule has 1 amide bonds. The first kappa shape index (κ1) is 35.1. The Morgan fingerprint density at radius 1 is 1.27 bits per heavy atom. The molecule has 2 aromatic carbocycles. The van der Waals surface area contributed by atoms with Gasteiger partial charge in [0.15, 0.2) is 0 Å². The van der Waals surface area contributed by atoms with E-state index >= 15 is 0 Å². The minimum absolute atomic E-state index is 0.0177. The Bertz CT molecular complexity index is 2100. The maximum atomic E-state index is 15.0. The number of alkyl halides is 1. The van der Waals surface area contributed by atoms with Crippen LogP contribution in [-0.2, 0) is 17.8 Å². The zero-order chi connectivity index (χ0) is 36.6. The zero-order valence-corrected chi connectivity index (χ0v) is 29.5. The number of aromatic hydroxyl groups is 1. The van der Waals surface area contributed by atoms with Crippen LogP contribution >= 0.6 is 0 Å². The number of likely N-dealkylation sites (tertiary alicyclic amines) is 2. The Morgan fingerprint density at radius 2 is 2.12 bits per heavy atom. The summed E-state index contributed by atoms with van der Waals surface area (Å²) in [6.07, 6.45) is 14.7. The van der Waals surface area contributed by atoms with E-state index in [-0.39, 0.29) is 42.4 Å². The van der Waals surface area contributed by atoms with Gasteiger partial charge in [0, 0.05) is 69.0 Å². The molecule has 9 nitrogen and oxygen atoms in total. The summed E-state index contributed by atoms with van der Waals surface area (Å²) in [5.74, 6) is 2.62. The molecule has 0 bridgehead atoms. The van der Waals surface area contributed by atoms with Crippen LogP contribution in [0, 0.1) is 18.2 Å². The predicted octanol–water partition coefficient (Wildman–Crippen LogP) is 6.33. The molecule has 2 saturated heterocycles. The lowest BCUT2D eigenvalue weighted by atomic mass is 9.87. The first-order valence-corrected chi connectivity index (χ1v) is 17.7. The van der Waals surface area contributed by atoms with Gasteiger partial charge in [-0.2, -0.15) is 9.97 Å². The van der Waals surface area contributed by atoms with E-state index in [0.29, 0.717) is 66.7 Å². The van der Waals surface area contributed by atoms with Gasteiger partial charge in [0.1, 0.15) is 30.2 Å². The average Bonchev–Trinajstić information content (AvgIpc) is 3.72. The van der Waals surface area contributed by atoms with Crippen molar-refractivity contribution in [1.29, 1.82) is 0 Å². The van der Waals surface area contributed by atoms with Gasteiger partial charge < -0.3 is 19.6 Å². The molecule has 0 spiro atoms. The third-order valence-corrected chi connectivity index (χ3v) is 10.6. The highest BCUT2D eigenvalue weighted by Gasteiger charge is 2.43. The number of carbonyl (C=O) groups is 1. The second kappa shape index (κ2) is 14.4. The number of anilines is 1. The normalized spacial score (nSPS) is 21.4. The molecule has 0 unspecified atom stereocenters. The molecular formula is C41H42F2N6O3. The fourth-order valence-corrected chi connectivity index (χ4v) is 8.04. The monoisotopic (exact) mass is 704 g/mol. The summed E-state index contributed by atoms with van der Waals surface area (Å²) in [5, 5.41) is 11.9. The van der Waals surface area contributed by atoms with Gasteiger partial charge >= 0.3 is 6.01 Å². The topological polar surface area (TPSA) is 94.9 Å². The van der Waals surface area contributed by atoms with E-state index < -0.39 is 17.5 Å². The summed E-state index contributed by atoms with van der Waals surface area (Å²) in [5.41, 5.74) is 3.48. The Morgan fingerprint density at radius 3 is 2.88 bits per heavy atom. The summed E-state index contributed by atoms with van der Waals surface area (Å²) < 4.78 is 36.3. The Hall–Kier alpha value is -5.34. The predicted molar refractivity (Wildman–Crippen MR) is 198 cm³/mol. The van der Waals surface area contributed by atoms with E-state index in [1.807, 2.05) is 42.0 Å². The number of phenolic OH excluding ortho intramolecular Hbond substituents is 1.